The van der Waals surface area contributed by atoms with Crippen LogP contribution in [0.25, 0.3) is 0 Å². The molecule has 0 bridgehead atoms. The van der Waals surface area contributed by atoms with Gasteiger partial charge >= 0.3 is 6.18 Å². The van der Waals surface area contributed by atoms with Crippen molar-refractivity contribution in [3.05, 3.63) is 94.5 Å². The highest BCUT2D eigenvalue weighted by atomic mass is 35.5. The average Bonchev–Trinajstić information content (AvgIpc) is 2.78. The number of carbonyl (C=O) groups excluding carboxylic acids is 2. The van der Waals surface area contributed by atoms with Gasteiger partial charge in [0, 0.05) is 24.0 Å². The molecule has 0 saturated heterocycles. The third-order valence-corrected chi connectivity index (χ3v) is 4.95. The number of amides is 2. The molecule has 2 amide bonds. The number of hydrogen-bond donors (Lipinski definition) is 3. The molecule has 0 fully saturated rings. The predicted octanol–water partition coefficient (Wildman–Crippen LogP) is 5.51. The standard InChI is InChI=1S/C23H19ClF3N3O2/c1-28-21(31)15-7-9-16(10-8-15)29-20(14-5-3-2-4-6-14)22(32)30-17-11-12-19(24)18(13-17)23(25,26)27/h2-13,20,29H,1H3,(H,28,31)(H,30,32). The molecule has 3 rings (SSSR count). The smallest absolute Gasteiger partial charge is 0.370 e. The van der Waals surface area contributed by atoms with E-state index < -0.39 is 28.7 Å². The van der Waals surface area contributed by atoms with Gasteiger partial charge in [0.05, 0.1) is 10.6 Å². The molecule has 0 saturated carbocycles. The molecule has 5 nitrogen and oxygen atoms in total. The van der Waals surface area contributed by atoms with Crippen molar-refractivity contribution in [2.45, 2.75) is 12.2 Å². The van der Waals surface area contributed by atoms with Gasteiger partial charge in [0.15, 0.2) is 0 Å². The van der Waals surface area contributed by atoms with Gasteiger partial charge < -0.3 is 16.0 Å². The number of anilines is 2. The van der Waals surface area contributed by atoms with Gasteiger partial charge in [0.2, 0.25) is 0 Å². The summed E-state index contributed by atoms with van der Waals surface area (Å²) in [5.41, 5.74) is 0.522. The minimum Gasteiger partial charge on any atom is -0.370 e. The Labute approximate surface area is 187 Å². The summed E-state index contributed by atoms with van der Waals surface area (Å²) in [7, 11) is 1.52. The van der Waals surface area contributed by atoms with Crippen molar-refractivity contribution in [3.8, 4) is 0 Å². The molecule has 3 aromatic rings. The van der Waals surface area contributed by atoms with E-state index in [0.29, 0.717) is 16.8 Å². The highest BCUT2D eigenvalue weighted by molar-refractivity contribution is 6.31. The molecule has 0 heterocycles. The van der Waals surface area contributed by atoms with Gasteiger partial charge in [-0.15, -0.1) is 0 Å². The summed E-state index contributed by atoms with van der Waals surface area (Å²) >= 11 is 5.66. The molecule has 32 heavy (non-hydrogen) atoms. The Hall–Kier alpha value is -3.52. The van der Waals surface area contributed by atoms with Gasteiger partial charge in [0.1, 0.15) is 6.04 Å². The maximum atomic E-state index is 13.2. The molecule has 0 aliphatic heterocycles. The summed E-state index contributed by atoms with van der Waals surface area (Å²) in [6, 6.07) is 17.4. The molecule has 166 valence electrons. The zero-order chi connectivity index (χ0) is 23.3. The van der Waals surface area contributed by atoms with Crippen LogP contribution >= 0.6 is 11.6 Å². The van der Waals surface area contributed by atoms with Gasteiger partial charge in [-0.1, -0.05) is 41.9 Å². The molecule has 3 N–H and O–H groups in total. The van der Waals surface area contributed by atoms with Gasteiger partial charge in [-0.3, -0.25) is 9.59 Å². The van der Waals surface area contributed by atoms with Crippen LogP contribution < -0.4 is 16.0 Å². The molecule has 1 unspecified atom stereocenters. The van der Waals surface area contributed by atoms with Gasteiger partial charge in [-0.05, 0) is 48.0 Å². The number of rotatable bonds is 6. The summed E-state index contributed by atoms with van der Waals surface area (Å²) in [4.78, 5) is 24.7. The van der Waals surface area contributed by atoms with Gasteiger partial charge in [-0.2, -0.15) is 13.2 Å². The van der Waals surface area contributed by atoms with Crippen molar-refractivity contribution >= 4 is 34.8 Å². The lowest BCUT2D eigenvalue weighted by molar-refractivity contribution is -0.137. The Morgan fingerprint density at radius 2 is 1.53 bits per heavy atom. The zero-order valence-corrected chi connectivity index (χ0v) is 17.6. The van der Waals surface area contributed by atoms with Crippen LogP contribution in [-0.2, 0) is 11.0 Å². The second-order valence-corrected chi connectivity index (χ2v) is 7.23. The highest BCUT2D eigenvalue weighted by Crippen LogP contribution is 2.36. The Morgan fingerprint density at radius 3 is 2.12 bits per heavy atom. The molecule has 0 aliphatic rings. The SMILES string of the molecule is CNC(=O)c1ccc(NC(C(=O)Nc2ccc(Cl)c(C(F)(F)F)c2)c2ccccc2)cc1. The van der Waals surface area contributed by atoms with Crippen LogP contribution in [0, 0.1) is 0 Å². The molecule has 9 heteroatoms. The van der Waals surface area contributed by atoms with Gasteiger partial charge in [0.25, 0.3) is 11.8 Å². The van der Waals surface area contributed by atoms with E-state index in [1.807, 2.05) is 0 Å². The molecular weight excluding hydrogens is 443 g/mol. The lowest BCUT2D eigenvalue weighted by Gasteiger charge is -2.21. The van der Waals surface area contributed by atoms with Gasteiger partial charge in [-0.25, -0.2) is 0 Å². The van der Waals surface area contributed by atoms with E-state index in [0.717, 1.165) is 12.1 Å². The lowest BCUT2D eigenvalue weighted by atomic mass is 10.0. The summed E-state index contributed by atoms with van der Waals surface area (Å²) < 4.78 is 39.5. The number of hydrogen-bond acceptors (Lipinski definition) is 3. The monoisotopic (exact) mass is 461 g/mol. The molecule has 0 aliphatic carbocycles. The van der Waals surface area contributed by atoms with E-state index in [1.54, 1.807) is 54.6 Å². The maximum absolute atomic E-state index is 13.2. The van der Waals surface area contributed by atoms with Crippen LogP contribution in [0.1, 0.15) is 27.5 Å². The minimum atomic E-state index is -4.65. The van der Waals surface area contributed by atoms with Crippen LogP contribution in [0.2, 0.25) is 5.02 Å². The second kappa shape index (κ2) is 9.74. The molecule has 3 aromatic carbocycles. The fourth-order valence-corrected chi connectivity index (χ4v) is 3.23. The largest absolute Gasteiger partial charge is 0.417 e. The Bertz CT molecular complexity index is 1100. The van der Waals surface area contributed by atoms with Crippen molar-refractivity contribution in [2.24, 2.45) is 0 Å². The molecular formula is C23H19ClF3N3O2. The Balaban J connectivity index is 1.87. The summed E-state index contributed by atoms with van der Waals surface area (Å²) in [6.45, 7) is 0. The van der Waals surface area contributed by atoms with Crippen LogP contribution in [0.15, 0.2) is 72.8 Å². The van der Waals surface area contributed by atoms with E-state index in [2.05, 4.69) is 16.0 Å². The van der Waals surface area contributed by atoms with Crippen LogP contribution in [0.3, 0.4) is 0 Å². The number of nitrogens with one attached hydrogen (secondary N) is 3. The van der Waals surface area contributed by atoms with Crippen LogP contribution in [0.5, 0.6) is 0 Å². The second-order valence-electron chi connectivity index (χ2n) is 6.83. The van der Waals surface area contributed by atoms with Crippen molar-refractivity contribution in [3.63, 3.8) is 0 Å². The first-order chi connectivity index (χ1) is 15.2. The van der Waals surface area contributed by atoms with Crippen LogP contribution in [0.4, 0.5) is 24.5 Å². The minimum absolute atomic E-state index is 0.0376. The number of alkyl halides is 3. The summed E-state index contributed by atoms with van der Waals surface area (Å²) in [6.07, 6.45) is -4.65. The summed E-state index contributed by atoms with van der Waals surface area (Å²) in [5, 5.41) is 7.64. The maximum Gasteiger partial charge on any atom is 0.417 e. The fraction of sp³-hybridized carbons (Fsp3) is 0.130. The van der Waals surface area contributed by atoms with Crippen molar-refractivity contribution in [2.75, 3.05) is 17.7 Å². The molecule has 1 atom stereocenters. The zero-order valence-electron chi connectivity index (χ0n) is 16.8. The average molecular weight is 462 g/mol. The van der Waals surface area contributed by atoms with Crippen molar-refractivity contribution in [1.82, 2.24) is 5.32 Å². The normalized spacial score (nSPS) is 12.0. The Kier molecular flexibility index (Phi) is 7.05. The predicted molar refractivity (Wildman–Crippen MR) is 118 cm³/mol. The number of carbonyl (C=O) groups is 2. The molecule has 0 radical (unpaired) electrons. The van der Waals surface area contributed by atoms with E-state index in [1.165, 1.54) is 13.1 Å². The first-order valence-electron chi connectivity index (χ1n) is 9.50. The van der Waals surface area contributed by atoms with E-state index in [-0.39, 0.29) is 11.6 Å². The molecule has 0 aromatic heterocycles. The van der Waals surface area contributed by atoms with Crippen molar-refractivity contribution in [1.29, 1.82) is 0 Å². The Morgan fingerprint density at radius 1 is 0.906 bits per heavy atom. The van der Waals surface area contributed by atoms with Crippen LogP contribution in [-0.4, -0.2) is 18.9 Å². The number of halogens is 4. The van der Waals surface area contributed by atoms with E-state index >= 15 is 0 Å². The lowest BCUT2D eigenvalue weighted by Crippen LogP contribution is -2.27. The first kappa shape index (κ1) is 23.1. The first-order valence-corrected chi connectivity index (χ1v) is 9.88. The summed E-state index contributed by atoms with van der Waals surface area (Å²) in [5.74, 6) is -0.820. The molecule has 0 spiro atoms. The quantitative estimate of drug-likeness (QED) is 0.453. The van der Waals surface area contributed by atoms with Crippen molar-refractivity contribution < 1.29 is 22.8 Å². The van der Waals surface area contributed by atoms with E-state index in [9.17, 15) is 22.8 Å². The fourth-order valence-electron chi connectivity index (χ4n) is 3.01. The topological polar surface area (TPSA) is 70.2 Å². The number of benzene rings is 3. The van der Waals surface area contributed by atoms with E-state index in [4.69, 9.17) is 11.6 Å². The highest BCUT2D eigenvalue weighted by Gasteiger charge is 2.33. The third-order valence-electron chi connectivity index (χ3n) is 4.62. The third kappa shape index (κ3) is 5.59.